The second-order valence-electron chi connectivity index (χ2n) is 5.63. The van der Waals surface area contributed by atoms with E-state index in [0.29, 0.717) is 0 Å². The highest BCUT2D eigenvalue weighted by molar-refractivity contribution is 5.91. The monoisotopic (exact) mass is 376 g/mol. The molecule has 0 aromatic heterocycles. The van der Waals surface area contributed by atoms with Gasteiger partial charge in [-0.2, -0.15) is 26.3 Å². The lowest BCUT2D eigenvalue weighted by Gasteiger charge is -2.19. The van der Waals surface area contributed by atoms with Crippen LogP contribution in [-0.4, -0.2) is 22.6 Å². The van der Waals surface area contributed by atoms with Crippen LogP contribution in [0.3, 0.4) is 0 Å². The smallest absolute Gasteiger partial charge is 0.393 e. The molecule has 0 radical (unpaired) electrons. The Kier molecular flexibility index (Phi) is 5.53. The number of halogens is 6. The van der Waals surface area contributed by atoms with Gasteiger partial charge < -0.3 is 10.2 Å². The third-order valence-electron chi connectivity index (χ3n) is 3.55. The van der Waals surface area contributed by atoms with E-state index >= 15 is 0 Å². The van der Waals surface area contributed by atoms with Crippen molar-refractivity contribution in [1.82, 2.24) is 0 Å². The molecule has 2 aromatic rings. The Bertz CT molecular complexity index is 704. The van der Waals surface area contributed by atoms with Gasteiger partial charge in [0.25, 0.3) is 0 Å². The number of phenols is 2. The van der Waals surface area contributed by atoms with Crippen molar-refractivity contribution in [2.45, 2.75) is 25.2 Å². The van der Waals surface area contributed by atoms with Crippen molar-refractivity contribution in [1.29, 1.82) is 0 Å². The number of allylic oxidation sites excluding steroid dienone is 2. The number of rotatable bonds is 4. The van der Waals surface area contributed by atoms with Crippen molar-refractivity contribution in [3.8, 4) is 11.5 Å². The highest BCUT2D eigenvalue weighted by atomic mass is 19.4. The molecule has 0 bridgehead atoms. The highest BCUT2D eigenvalue weighted by Gasteiger charge is 2.35. The van der Waals surface area contributed by atoms with Gasteiger partial charge in [0.05, 0.1) is 12.8 Å². The third-order valence-corrected chi connectivity index (χ3v) is 3.55. The zero-order valence-corrected chi connectivity index (χ0v) is 13.2. The fourth-order valence-corrected chi connectivity index (χ4v) is 2.49. The van der Waals surface area contributed by atoms with E-state index in [4.69, 9.17) is 0 Å². The maximum Gasteiger partial charge on any atom is 0.393 e. The minimum atomic E-state index is -4.74. The summed E-state index contributed by atoms with van der Waals surface area (Å²) >= 11 is 0. The summed E-state index contributed by atoms with van der Waals surface area (Å²) in [4.78, 5) is 0. The van der Waals surface area contributed by atoms with Crippen LogP contribution in [0.5, 0.6) is 11.5 Å². The minimum Gasteiger partial charge on any atom is -0.508 e. The number of hydrogen-bond acceptors (Lipinski definition) is 2. The highest BCUT2D eigenvalue weighted by Crippen LogP contribution is 2.41. The maximum atomic E-state index is 13.0. The van der Waals surface area contributed by atoms with E-state index in [-0.39, 0.29) is 22.6 Å². The van der Waals surface area contributed by atoms with Gasteiger partial charge >= 0.3 is 12.4 Å². The molecule has 0 amide bonds. The molecule has 8 heteroatoms. The van der Waals surface area contributed by atoms with Crippen LogP contribution in [0.25, 0.3) is 11.1 Å². The summed E-state index contributed by atoms with van der Waals surface area (Å²) in [6.45, 7) is 0. The molecular weight excluding hydrogens is 362 g/mol. The molecule has 0 aliphatic carbocycles. The van der Waals surface area contributed by atoms with Crippen molar-refractivity contribution < 1.29 is 36.6 Å². The molecule has 0 saturated heterocycles. The van der Waals surface area contributed by atoms with Crippen molar-refractivity contribution in [2.75, 3.05) is 0 Å². The van der Waals surface area contributed by atoms with Crippen LogP contribution in [-0.2, 0) is 0 Å². The first kappa shape index (κ1) is 19.7. The van der Waals surface area contributed by atoms with Crippen LogP contribution >= 0.6 is 0 Å². The Morgan fingerprint density at radius 2 is 0.846 bits per heavy atom. The topological polar surface area (TPSA) is 40.5 Å². The van der Waals surface area contributed by atoms with E-state index in [1.54, 1.807) is 0 Å². The summed E-state index contributed by atoms with van der Waals surface area (Å²) in [5.41, 5.74) is -1.24. The summed E-state index contributed by atoms with van der Waals surface area (Å²) in [5, 5.41) is 18.6. The van der Waals surface area contributed by atoms with Crippen molar-refractivity contribution >= 4 is 11.1 Å². The first-order chi connectivity index (χ1) is 11.9. The van der Waals surface area contributed by atoms with Crippen LogP contribution in [0.15, 0.2) is 48.5 Å². The Morgan fingerprint density at radius 1 is 0.577 bits per heavy atom. The molecule has 2 N–H and O–H groups in total. The predicted molar refractivity (Wildman–Crippen MR) is 84.4 cm³/mol. The molecule has 2 nitrogen and oxygen atoms in total. The number of benzene rings is 2. The van der Waals surface area contributed by atoms with E-state index in [1.807, 2.05) is 0 Å². The van der Waals surface area contributed by atoms with Gasteiger partial charge in [0.1, 0.15) is 11.5 Å². The molecule has 26 heavy (non-hydrogen) atoms. The van der Waals surface area contributed by atoms with Gasteiger partial charge in [-0.1, -0.05) is 24.3 Å². The SMILES string of the molecule is Oc1ccc(/C(CC(F)(F)F)=C(\CC(F)(F)F)c2ccc(O)cc2)cc1. The molecule has 2 rings (SSSR count). The first-order valence-corrected chi connectivity index (χ1v) is 7.39. The van der Waals surface area contributed by atoms with Gasteiger partial charge in [-0.3, -0.25) is 0 Å². The first-order valence-electron chi connectivity index (χ1n) is 7.39. The lowest BCUT2D eigenvalue weighted by atomic mass is 9.90. The number of aromatic hydroxyl groups is 2. The maximum absolute atomic E-state index is 13.0. The Morgan fingerprint density at radius 3 is 1.08 bits per heavy atom. The molecule has 0 aliphatic heterocycles. The molecule has 2 aromatic carbocycles. The molecule has 0 spiro atoms. The fourth-order valence-electron chi connectivity index (χ4n) is 2.49. The Labute approximate surface area is 145 Å². The van der Waals surface area contributed by atoms with Gasteiger partial charge in [0.2, 0.25) is 0 Å². The van der Waals surface area contributed by atoms with Gasteiger partial charge in [-0.05, 0) is 46.5 Å². The molecule has 0 saturated carbocycles. The molecular formula is C18H14F6O2. The van der Waals surface area contributed by atoms with Gasteiger partial charge in [-0.15, -0.1) is 0 Å². The second-order valence-corrected chi connectivity index (χ2v) is 5.63. The second kappa shape index (κ2) is 7.31. The normalized spacial score (nSPS) is 13.5. The standard InChI is InChI=1S/C18H14F6O2/c19-17(20,21)9-15(11-1-5-13(25)6-2-11)16(10-18(22,23)24)12-3-7-14(26)8-4-12/h1-8,25-26H,9-10H2/b16-15+. The van der Waals surface area contributed by atoms with Gasteiger partial charge in [-0.25, -0.2) is 0 Å². The van der Waals surface area contributed by atoms with E-state index in [2.05, 4.69) is 0 Å². The number of phenolic OH excluding ortho intramolecular Hbond substituents is 2. The van der Waals surface area contributed by atoms with Crippen LogP contribution < -0.4 is 0 Å². The third kappa shape index (κ3) is 5.72. The summed E-state index contributed by atoms with van der Waals surface area (Å²) < 4.78 is 78.2. The molecule has 0 unspecified atom stereocenters. The number of alkyl halides is 6. The summed E-state index contributed by atoms with van der Waals surface area (Å²) in [7, 11) is 0. The summed E-state index contributed by atoms with van der Waals surface area (Å²) in [5.74, 6) is -0.441. The molecule has 140 valence electrons. The van der Waals surface area contributed by atoms with Crippen LogP contribution in [0, 0.1) is 0 Å². The van der Waals surface area contributed by atoms with Crippen LogP contribution in [0.2, 0.25) is 0 Å². The van der Waals surface area contributed by atoms with E-state index in [1.165, 1.54) is 0 Å². The van der Waals surface area contributed by atoms with Crippen molar-refractivity contribution in [2.24, 2.45) is 0 Å². The van der Waals surface area contributed by atoms with E-state index < -0.39 is 36.3 Å². The zero-order chi connectivity index (χ0) is 19.5. The lowest BCUT2D eigenvalue weighted by molar-refractivity contribution is -0.126. The van der Waals surface area contributed by atoms with E-state index in [0.717, 1.165) is 48.5 Å². The molecule has 0 aliphatic rings. The predicted octanol–water partition coefficient (Wildman–Crippen LogP) is 5.91. The van der Waals surface area contributed by atoms with Gasteiger partial charge in [0.15, 0.2) is 0 Å². The molecule has 0 heterocycles. The zero-order valence-electron chi connectivity index (χ0n) is 13.2. The summed E-state index contributed by atoms with van der Waals surface area (Å²) in [6, 6.07) is 8.95. The minimum absolute atomic E-state index is 0.0764. The number of hydrogen-bond donors (Lipinski definition) is 2. The average molecular weight is 376 g/mol. The fraction of sp³-hybridized carbons (Fsp3) is 0.222. The Balaban J connectivity index is 2.70. The summed E-state index contributed by atoms with van der Waals surface area (Å²) in [6.07, 6.45) is -12.6. The largest absolute Gasteiger partial charge is 0.508 e. The van der Waals surface area contributed by atoms with Crippen LogP contribution in [0.4, 0.5) is 26.3 Å². The van der Waals surface area contributed by atoms with E-state index in [9.17, 15) is 36.6 Å². The van der Waals surface area contributed by atoms with Gasteiger partial charge in [0, 0.05) is 0 Å². The van der Waals surface area contributed by atoms with Crippen molar-refractivity contribution in [3.63, 3.8) is 0 Å². The molecule has 0 fully saturated rings. The molecule has 0 atom stereocenters. The van der Waals surface area contributed by atoms with Crippen molar-refractivity contribution in [3.05, 3.63) is 59.7 Å². The Hall–Kier alpha value is -2.64. The average Bonchev–Trinajstić information content (AvgIpc) is 2.51. The van der Waals surface area contributed by atoms with Crippen LogP contribution in [0.1, 0.15) is 24.0 Å². The quantitative estimate of drug-likeness (QED) is 0.514. The lowest BCUT2D eigenvalue weighted by Crippen LogP contribution is -2.13.